The van der Waals surface area contributed by atoms with E-state index in [0.717, 1.165) is 29.7 Å². The summed E-state index contributed by atoms with van der Waals surface area (Å²) in [6, 6.07) is 8.04. The maximum Gasteiger partial charge on any atom is 0.249 e. The normalized spacial score (nSPS) is 18.4. The largest absolute Gasteiger partial charge is 0.369 e. The maximum absolute atomic E-state index is 12.9. The number of anilines is 1. The molecule has 7 heteroatoms. The number of benzene rings is 1. The Bertz CT molecular complexity index is 1000. The van der Waals surface area contributed by atoms with Gasteiger partial charge in [-0.15, -0.1) is 0 Å². The van der Waals surface area contributed by atoms with Crippen molar-refractivity contribution in [2.45, 2.75) is 72.1 Å². The van der Waals surface area contributed by atoms with E-state index in [0.29, 0.717) is 37.6 Å². The Morgan fingerprint density at radius 2 is 1.91 bits per heavy atom. The van der Waals surface area contributed by atoms with Crippen molar-refractivity contribution in [1.29, 1.82) is 0 Å². The van der Waals surface area contributed by atoms with Gasteiger partial charge in [0.05, 0.1) is 18.7 Å². The molecule has 0 spiro atoms. The molecule has 2 aliphatic rings. The van der Waals surface area contributed by atoms with Crippen LogP contribution in [0.5, 0.6) is 0 Å². The van der Waals surface area contributed by atoms with E-state index in [1.807, 2.05) is 25.7 Å². The van der Waals surface area contributed by atoms with Crippen LogP contribution in [-0.2, 0) is 27.3 Å². The number of aromatic nitrogens is 2. The molecule has 1 fully saturated rings. The molecule has 1 aromatic heterocycles. The minimum absolute atomic E-state index is 0.00332. The van der Waals surface area contributed by atoms with E-state index in [1.54, 1.807) is 4.90 Å². The number of fused-ring (bicyclic) bond motifs is 1. The number of amides is 2. The van der Waals surface area contributed by atoms with Crippen LogP contribution < -0.4 is 4.90 Å². The predicted octanol–water partition coefficient (Wildman–Crippen LogP) is 3.66. The van der Waals surface area contributed by atoms with Crippen LogP contribution in [0.1, 0.15) is 67.4 Å². The van der Waals surface area contributed by atoms with E-state index in [1.165, 1.54) is 5.56 Å². The minimum atomic E-state index is -0.180. The lowest BCUT2D eigenvalue weighted by Crippen LogP contribution is -2.38. The van der Waals surface area contributed by atoms with Gasteiger partial charge in [-0.3, -0.25) is 14.5 Å². The third-order valence-electron chi connectivity index (χ3n) is 6.23. The van der Waals surface area contributed by atoms with Crippen molar-refractivity contribution in [2.75, 3.05) is 18.1 Å². The zero-order valence-electron chi connectivity index (χ0n) is 19.4. The first-order chi connectivity index (χ1) is 15.3. The van der Waals surface area contributed by atoms with Gasteiger partial charge in [-0.2, -0.15) is 0 Å². The minimum Gasteiger partial charge on any atom is -0.369 e. The highest BCUT2D eigenvalue weighted by molar-refractivity contribution is 5.95. The summed E-state index contributed by atoms with van der Waals surface area (Å²) in [4.78, 5) is 38.9. The van der Waals surface area contributed by atoms with Crippen molar-refractivity contribution in [3.63, 3.8) is 0 Å². The second-order valence-electron chi connectivity index (χ2n) is 9.04. The highest BCUT2D eigenvalue weighted by Gasteiger charge is 2.35. The average molecular weight is 437 g/mol. The van der Waals surface area contributed by atoms with Crippen molar-refractivity contribution in [3.8, 4) is 0 Å². The van der Waals surface area contributed by atoms with Gasteiger partial charge in [-0.05, 0) is 52.5 Å². The zero-order chi connectivity index (χ0) is 22.8. The van der Waals surface area contributed by atoms with Crippen LogP contribution in [0.3, 0.4) is 0 Å². The fourth-order valence-electron chi connectivity index (χ4n) is 4.45. The molecule has 2 aliphatic heterocycles. The van der Waals surface area contributed by atoms with Gasteiger partial charge < -0.3 is 9.64 Å². The third-order valence-corrected chi connectivity index (χ3v) is 6.23. The summed E-state index contributed by atoms with van der Waals surface area (Å²) in [7, 11) is 0. The van der Waals surface area contributed by atoms with Crippen LogP contribution in [0, 0.1) is 13.8 Å². The molecule has 3 heterocycles. The summed E-state index contributed by atoms with van der Waals surface area (Å²) in [6.45, 7) is 9.10. The third kappa shape index (κ3) is 4.67. The summed E-state index contributed by atoms with van der Waals surface area (Å²) in [5.41, 5.74) is 4.17. The van der Waals surface area contributed by atoms with Gasteiger partial charge in [0.2, 0.25) is 11.8 Å². The Balaban J connectivity index is 1.64. The number of carbonyl (C=O) groups is 2. The SMILES string of the molecule is Cc1ccc(CN2C(=O)CCc3c(C)nc([C@H]4CCCN4C(=O)COC(C)C)nc32)cc1. The van der Waals surface area contributed by atoms with Crippen molar-refractivity contribution in [3.05, 3.63) is 52.5 Å². The Kier molecular flexibility index (Phi) is 6.55. The van der Waals surface area contributed by atoms with Crippen molar-refractivity contribution in [2.24, 2.45) is 0 Å². The molecule has 1 saturated heterocycles. The molecule has 0 radical (unpaired) electrons. The fraction of sp³-hybridized carbons (Fsp3) is 0.520. The molecule has 1 aromatic carbocycles. The number of likely N-dealkylation sites (tertiary alicyclic amines) is 1. The monoisotopic (exact) mass is 436 g/mol. The Morgan fingerprint density at radius 3 is 2.62 bits per heavy atom. The van der Waals surface area contributed by atoms with Crippen LogP contribution in [0.25, 0.3) is 0 Å². The summed E-state index contributed by atoms with van der Waals surface area (Å²) in [6.07, 6.45) is 2.84. The van der Waals surface area contributed by atoms with Gasteiger partial charge in [0.1, 0.15) is 12.4 Å². The average Bonchev–Trinajstić information content (AvgIpc) is 3.25. The number of rotatable bonds is 6. The van der Waals surface area contributed by atoms with Gasteiger partial charge in [0.15, 0.2) is 5.82 Å². The number of hydrogen-bond donors (Lipinski definition) is 0. The quantitative estimate of drug-likeness (QED) is 0.691. The first kappa shape index (κ1) is 22.4. The van der Waals surface area contributed by atoms with Crippen LogP contribution >= 0.6 is 0 Å². The molecule has 0 saturated carbocycles. The van der Waals surface area contributed by atoms with E-state index >= 15 is 0 Å². The van der Waals surface area contributed by atoms with Crippen LogP contribution in [0.2, 0.25) is 0 Å². The molecule has 32 heavy (non-hydrogen) atoms. The number of hydrogen-bond acceptors (Lipinski definition) is 5. The second-order valence-corrected chi connectivity index (χ2v) is 9.04. The van der Waals surface area contributed by atoms with Gasteiger partial charge in [0.25, 0.3) is 0 Å². The fourth-order valence-corrected chi connectivity index (χ4v) is 4.45. The highest BCUT2D eigenvalue weighted by Crippen LogP contribution is 2.35. The van der Waals surface area contributed by atoms with Gasteiger partial charge >= 0.3 is 0 Å². The first-order valence-corrected chi connectivity index (χ1v) is 11.5. The number of nitrogens with zero attached hydrogens (tertiary/aromatic N) is 4. The molecule has 4 rings (SSSR count). The van der Waals surface area contributed by atoms with E-state index in [4.69, 9.17) is 14.7 Å². The van der Waals surface area contributed by atoms with Crippen LogP contribution in [0.4, 0.5) is 5.82 Å². The summed E-state index contributed by atoms with van der Waals surface area (Å²) in [5, 5.41) is 0. The van der Waals surface area contributed by atoms with E-state index in [9.17, 15) is 9.59 Å². The molecule has 0 unspecified atom stereocenters. The summed E-state index contributed by atoms with van der Waals surface area (Å²) in [5.74, 6) is 1.36. The van der Waals surface area contributed by atoms with Gasteiger partial charge in [-0.1, -0.05) is 29.8 Å². The molecule has 2 aromatic rings. The lowest BCUT2D eigenvalue weighted by atomic mass is 10.0. The molecular formula is C25H32N4O3. The lowest BCUT2D eigenvalue weighted by Gasteiger charge is -2.31. The molecule has 0 aliphatic carbocycles. The smallest absolute Gasteiger partial charge is 0.249 e. The molecule has 7 nitrogen and oxygen atoms in total. The molecule has 0 bridgehead atoms. The Morgan fingerprint density at radius 1 is 1.16 bits per heavy atom. The number of ether oxygens (including phenoxy) is 1. The van der Waals surface area contributed by atoms with Crippen molar-refractivity contribution < 1.29 is 14.3 Å². The molecule has 170 valence electrons. The molecule has 0 N–H and O–H groups in total. The molecule has 2 amide bonds. The Hall–Kier alpha value is -2.80. The van der Waals surface area contributed by atoms with Gasteiger partial charge in [-0.25, -0.2) is 9.97 Å². The van der Waals surface area contributed by atoms with E-state index in [2.05, 4.69) is 31.2 Å². The standard InChI is InChI=1S/C25H32N4O3/c1-16(2)32-15-23(31)28-13-5-6-21(28)24-26-18(4)20-11-12-22(30)29(25(20)27-24)14-19-9-7-17(3)8-10-19/h7-10,16,21H,5-6,11-15H2,1-4H3/t21-/m1/s1. The Labute approximate surface area is 189 Å². The zero-order valence-corrected chi connectivity index (χ0v) is 19.4. The highest BCUT2D eigenvalue weighted by atomic mass is 16.5. The number of carbonyl (C=O) groups excluding carboxylic acids is 2. The summed E-state index contributed by atoms with van der Waals surface area (Å²) >= 11 is 0. The van der Waals surface area contributed by atoms with Crippen LogP contribution in [0.15, 0.2) is 24.3 Å². The maximum atomic E-state index is 12.9. The van der Waals surface area contributed by atoms with E-state index in [-0.39, 0.29) is 30.6 Å². The van der Waals surface area contributed by atoms with E-state index < -0.39 is 0 Å². The van der Waals surface area contributed by atoms with Gasteiger partial charge in [0, 0.05) is 24.2 Å². The summed E-state index contributed by atoms with van der Waals surface area (Å²) < 4.78 is 5.54. The van der Waals surface area contributed by atoms with Crippen LogP contribution in [-0.4, -0.2) is 45.9 Å². The molecule has 1 atom stereocenters. The molecular weight excluding hydrogens is 404 g/mol. The lowest BCUT2D eigenvalue weighted by molar-refractivity contribution is -0.138. The first-order valence-electron chi connectivity index (χ1n) is 11.5. The number of aryl methyl sites for hydroxylation is 2. The van der Waals surface area contributed by atoms with Crippen molar-refractivity contribution in [1.82, 2.24) is 14.9 Å². The predicted molar refractivity (Wildman–Crippen MR) is 122 cm³/mol. The van der Waals surface area contributed by atoms with Crippen molar-refractivity contribution >= 4 is 17.6 Å². The topological polar surface area (TPSA) is 75.6 Å². The second kappa shape index (κ2) is 9.36.